The van der Waals surface area contributed by atoms with Crippen molar-refractivity contribution in [3.63, 3.8) is 0 Å². The topological polar surface area (TPSA) is 58.2 Å². The predicted octanol–water partition coefficient (Wildman–Crippen LogP) is 4.98. The molecule has 0 saturated heterocycles. The molecule has 0 spiro atoms. The fraction of sp³-hybridized carbons (Fsp3) is 0.125. The second-order valence-corrected chi connectivity index (χ2v) is 5.76. The maximum Gasteiger partial charge on any atom is 0.416 e. The van der Waals surface area contributed by atoms with E-state index in [4.69, 9.17) is 23.2 Å². The number of anilines is 2. The van der Waals surface area contributed by atoms with Gasteiger partial charge in [0.25, 0.3) is 0 Å². The molecule has 25 heavy (non-hydrogen) atoms. The van der Waals surface area contributed by atoms with Crippen LogP contribution in [0.2, 0.25) is 10.0 Å². The summed E-state index contributed by atoms with van der Waals surface area (Å²) in [5, 5.41) is 5.01. The number of hydrogen-bond donors (Lipinski definition) is 2. The van der Waals surface area contributed by atoms with E-state index in [0.29, 0.717) is 0 Å². The van der Waals surface area contributed by atoms with Crippen molar-refractivity contribution in [2.24, 2.45) is 0 Å². The zero-order chi connectivity index (χ0) is 18.6. The number of hydrogen-bond acceptors (Lipinski definition) is 2. The van der Waals surface area contributed by atoms with Gasteiger partial charge < -0.3 is 10.6 Å². The monoisotopic (exact) mass is 390 g/mol. The van der Waals surface area contributed by atoms with Crippen LogP contribution >= 0.6 is 23.2 Å². The molecular formula is C16H11Cl2F3N2O2. The van der Waals surface area contributed by atoms with Crippen LogP contribution in [-0.4, -0.2) is 11.8 Å². The lowest BCUT2D eigenvalue weighted by molar-refractivity contribution is -0.137. The van der Waals surface area contributed by atoms with E-state index in [1.165, 1.54) is 18.2 Å². The Bertz CT molecular complexity index is 790. The summed E-state index contributed by atoms with van der Waals surface area (Å²) >= 11 is 11.8. The molecule has 2 amide bonds. The summed E-state index contributed by atoms with van der Waals surface area (Å²) in [5.74, 6) is -1.49. The van der Waals surface area contributed by atoms with Crippen molar-refractivity contribution in [1.82, 2.24) is 0 Å². The highest BCUT2D eigenvalue weighted by molar-refractivity contribution is 6.39. The minimum Gasteiger partial charge on any atom is -0.326 e. The third kappa shape index (κ3) is 5.37. The van der Waals surface area contributed by atoms with Crippen LogP contribution in [0.4, 0.5) is 24.5 Å². The number of alkyl halides is 3. The molecule has 0 atom stereocenters. The highest BCUT2D eigenvalue weighted by Gasteiger charge is 2.30. The van der Waals surface area contributed by atoms with Gasteiger partial charge in [-0.1, -0.05) is 35.3 Å². The molecular weight excluding hydrogens is 380 g/mol. The Labute approximate surface area is 150 Å². The van der Waals surface area contributed by atoms with Crippen molar-refractivity contribution in [3.05, 3.63) is 58.1 Å². The molecule has 2 aromatic carbocycles. The standard InChI is InChI=1S/C16H11Cl2F3N2O2/c17-11-5-2-6-12(18)15(11)23-14(25)8-13(24)22-10-4-1-3-9(7-10)16(19,20)21/h1-7H,8H2,(H,22,24)(H,23,25). The van der Waals surface area contributed by atoms with Gasteiger partial charge in [0.2, 0.25) is 11.8 Å². The summed E-state index contributed by atoms with van der Waals surface area (Å²) in [5.41, 5.74) is -0.816. The third-order valence-corrected chi connectivity index (χ3v) is 3.65. The molecule has 0 bridgehead atoms. The molecule has 2 N–H and O–H groups in total. The number of benzene rings is 2. The number of carbonyl (C=O) groups is 2. The third-order valence-electron chi connectivity index (χ3n) is 3.02. The van der Waals surface area contributed by atoms with E-state index in [1.54, 1.807) is 6.07 Å². The van der Waals surface area contributed by atoms with Crippen LogP contribution in [0.25, 0.3) is 0 Å². The molecule has 132 valence electrons. The number of para-hydroxylation sites is 1. The van der Waals surface area contributed by atoms with Gasteiger partial charge in [-0.05, 0) is 30.3 Å². The normalized spacial score (nSPS) is 11.1. The van der Waals surface area contributed by atoms with Gasteiger partial charge in [-0.15, -0.1) is 0 Å². The molecule has 0 heterocycles. The van der Waals surface area contributed by atoms with Crippen LogP contribution < -0.4 is 10.6 Å². The van der Waals surface area contributed by atoms with Gasteiger partial charge in [0.05, 0.1) is 21.3 Å². The summed E-state index contributed by atoms with van der Waals surface area (Å²) in [7, 11) is 0. The fourth-order valence-electron chi connectivity index (χ4n) is 1.93. The Morgan fingerprint density at radius 3 is 2.08 bits per heavy atom. The van der Waals surface area contributed by atoms with Crippen molar-refractivity contribution in [1.29, 1.82) is 0 Å². The van der Waals surface area contributed by atoms with Gasteiger partial charge in [-0.2, -0.15) is 13.2 Å². The second kappa shape index (κ2) is 7.76. The van der Waals surface area contributed by atoms with Crippen molar-refractivity contribution in [3.8, 4) is 0 Å². The van der Waals surface area contributed by atoms with Gasteiger partial charge in [0.15, 0.2) is 0 Å². The zero-order valence-corrected chi connectivity index (χ0v) is 14.0. The molecule has 0 saturated carbocycles. The lowest BCUT2D eigenvalue weighted by Gasteiger charge is -2.11. The Morgan fingerprint density at radius 2 is 1.48 bits per heavy atom. The van der Waals surface area contributed by atoms with Gasteiger partial charge in [-0.3, -0.25) is 9.59 Å². The van der Waals surface area contributed by atoms with E-state index in [9.17, 15) is 22.8 Å². The molecule has 0 aliphatic carbocycles. The Hall–Kier alpha value is -2.25. The largest absolute Gasteiger partial charge is 0.416 e. The summed E-state index contributed by atoms with van der Waals surface area (Å²) in [6, 6.07) is 8.69. The summed E-state index contributed by atoms with van der Waals surface area (Å²) in [6.45, 7) is 0. The van der Waals surface area contributed by atoms with Crippen LogP contribution in [0.3, 0.4) is 0 Å². The molecule has 0 unspecified atom stereocenters. The van der Waals surface area contributed by atoms with E-state index >= 15 is 0 Å². The maximum atomic E-state index is 12.6. The van der Waals surface area contributed by atoms with E-state index < -0.39 is 30.0 Å². The average molecular weight is 391 g/mol. The van der Waals surface area contributed by atoms with E-state index in [1.807, 2.05) is 0 Å². The van der Waals surface area contributed by atoms with Gasteiger partial charge >= 0.3 is 6.18 Å². The molecule has 2 rings (SSSR count). The van der Waals surface area contributed by atoms with Crippen molar-refractivity contribution in [2.45, 2.75) is 12.6 Å². The average Bonchev–Trinajstić information content (AvgIpc) is 2.50. The first-order chi connectivity index (χ1) is 11.7. The Kier molecular flexibility index (Phi) is 5.92. The molecule has 0 radical (unpaired) electrons. The Balaban J connectivity index is 2.00. The van der Waals surface area contributed by atoms with Crippen LogP contribution in [0.5, 0.6) is 0 Å². The molecule has 9 heteroatoms. The van der Waals surface area contributed by atoms with Gasteiger partial charge in [0.1, 0.15) is 6.42 Å². The first-order valence-electron chi connectivity index (χ1n) is 6.88. The molecule has 2 aromatic rings. The van der Waals surface area contributed by atoms with Gasteiger partial charge in [-0.25, -0.2) is 0 Å². The zero-order valence-electron chi connectivity index (χ0n) is 12.5. The molecule has 0 aliphatic rings. The van der Waals surface area contributed by atoms with Crippen molar-refractivity contribution < 1.29 is 22.8 Å². The molecule has 0 aromatic heterocycles. The van der Waals surface area contributed by atoms with Gasteiger partial charge in [0, 0.05) is 5.69 Å². The lowest BCUT2D eigenvalue weighted by Crippen LogP contribution is -2.22. The highest BCUT2D eigenvalue weighted by atomic mass is 35.5. The van der Waals surface area contributed by atoms with E-state index in [0.717, 1.165) is 18.2 Å². The summed E-state index contributed by atoms with van der Waals surface area (Å²) in [6.07, 6.45) is -5.14. The van der Waals surface area contributed by atoms with E-state index in [-0.39, 0.29) is 21.4 Å². The SMILES string of the molecule is O=C(CC(=O)Nc1c(Cl)cccc1Cl)Nc1cccc(C(F)(F)F)c1. The first kappa shape index (κ1) is 19.1. The first-order valence-corrected chi connectivity index (χ1v) is 7.63. The maximum absolute atomic E-state index is 12.6. The van der Waals surface area contributed by atoms with Crippen LogP contribution in [0, 0.1) is 0 Å². The number of rotatable bonds is 4. The van der Waals surface area contributed by atoms with E-state index in [2.05, 4.69) is 10.6 Å². The van der Waals surface area contributed by atoms with Crippen molar-refractivity contribution in [2.75, 3.05) is 10.6 Å². The summed E-state index contributed by atoms with van der Waals surface area (Å²) in [4.78, 5) is 23.7. The molecule has 0 aliphatic heterocycles. The van der Waals surface area contributed by atoms with Crippen molar-refractivity contribution >= 4 is 46.4 Å². The highest BCUT2D eigenvalue weighted by Crippen LogP contribution is 2.31. The number of nitrogens with one attached hydrogen (secondary N) is 2. The molecule has 0 fully saturated rings. The number of halogens is 5. The Morgan fingerprint density at radius 1 is 0.920 bits per heavy atom. The minimum absolute atomic E-state index is 0.0663. The predicted molar refractivity (Wildman–Crippen MR) is 89.8 cm³/mol. The summed E-state index contributed by atoms with van der Waals surface area (Å²) < 4.78 is 37.9. The molecule has 4 nitrogen and oxygen atoms in total. The number of amides is 2. The fourth-order valence-corrected chi connectivity index (χ4v) is 2.42. The van der Waals surface area contributed by atoms with Crippen LogP contribution in [-0.2, 0) is 15.8 Å². The van der Waals surface area contributed by atoms with Crippen LogP contribution in [0.15, 0.2) is 42.5 Å². The second-order valence-electron chi connectivity index (χ2n) is 4.95. The minimum atomic E-state index is -4.53. The number of carbonyl (C=O) groups excluding carboxylic acids is 2. The van der Waals surface area contributed by atoms with Crippen LogP contribution in [0.1, 0.15) is 12.0 Å². The smallest absolute Gasteiger partial charge is 0.326 e. The lowest BCUT2D eigenvalue weighted by atomic mass is 10.2. The quantitative estimate of drug-likeness (QED) is 0.723.